The number of fused-ring (bicyclic) bond motifs is 1. The van der Waals surface area contributed by atoms with Crippen molar-refractivity contribution in [2.24, 2.45) is 0 Å². The van der Waals surface area contributed by atoms with Gasteiger partial charge in [-0.05, 0) is 48.5 Å². The SMILES string of the molecule is O=C(Oc1cccc(-c2cnc3ccccc3n2)c1)c1cccc(Oc2c(Cl)cccc2[N+](=O)[O-])c1. The maximum absolute atomic E-state index is 12.8. The lowest BCUT2D eigenvalue weighted by Crippen LogP contribution is -2.08. The first-order valence-corrected chi connectivity index (χ1v) is 11.1. The van der Waals surface area contributed by atoms with Gasteiger partial charge in [-0.3, -0.25) is 15.1 Å². The second-order valence-corrected chi connectivity index (χ2v) is 8.04. The fraction of sp³-hybridized carbons (Fsp3) is 0. The third kappa shape index (κ3) is 4.84. The van der Waals surface area contributed by atoms with Gasteiger partial charge < -0.3 is 9.47 Å². The van der Waals surface area contributed by atoms with E-state index in [1.807, 2.05) is 30.3 Å². The normalized spacial score (nSPS) is 10.7. The van der Waals surface area contributed by atoms with Crippen LogP contribution in [0.3, 0.4) is 0 Å². The minimum atomic E-state index is -0.629. The lowest BCUT2D eigenvalue weighted by molar-refractivity contribution is -0.385. The zero-order valence-electron chi connectivity index (χ0n) is 18.5. The molecule has 0 amide bonds. The Morgan fingerprint density at radius 1 is 0.861 bits per heavy atom. The molecule has 0 radical (unpaired) electrons. The number of ether oxygens (including phenoxy) is 2. The van der Waals surface area contributed by atoms with E-state index >= 15 is 0 Å². The van der Waals surface area contributed by atoms with Crippen molar-refractivity contribution in [1.29, 1.82) is 0 Å². The number of carbonyl (C=O) groups excluding carboxylic acids is 1. The summed E-state index contributed by atoms with van der Waals surface area (Å²) in [6, 6.07) is 24.8. The molecule has 176 valence electrons. The van der Waals surface area contributed by atoms with Crippen LogP contribution >= 0.6 is 11.6 Å². The van der Waals surface area contributed by atoms with Gasteiger partial charge in [0.1, 0.15) is 11.5 Å². The second kappa shape index (κ2) is 9.81. The smallest absolute Gasteiger partial charge is 0.343 e. The fourth-order valence-corrected chi connectivity index (χ4v) is 3.74. The predicted octanol–water partition coefficient (Wildman–Crippen LogP) is 6.87. The van der Waals surface area contributed by atoms with Gasteiger partial charge in [-0.2, -0.15) is 0 Å². The van der Waals surface area contributed by atoms with Crippen LogP contribution in [0.2, 0.25) is 5.02 Å². The van der Waals surface area contributed by atoms with E-state index < -0.39 is 10.9 Å². The molecule has 0 unspecified atom stereocenters. The molecule has 0 aliphatic carbocycles. The Balaban J connectivity index is 1.37. The molecule has 1 aromatic heterocycles. The van der Waals surface area contributed by atoms with E-state index in [9.17, 15) is 14.9 Å². The molecule has 0 aliphatic heterocycles. The van der Waals surface area contributed by atoms with Gasteiger partial charge in [0.05, 0.1) is 38.4 Å². The minimum absolute atomic E-state index is 0.0748. The molecule has 0 saturated carbocycles. The summed E-state index contributed by atoms with van der Waals surface area (Å²) in [5.41, 5.74) is 2.83. The fourth-order valence-electron chi connectivity index (χ4n) is 3.53. The summed E-state index contributed by atoms with van der Waals surface area (Å²) in [7, 11) is 0. The molecule has 0 saturated heterocycles. The topological polar surface area (TPSA) is 104 Å². The van der Waals surface area contributed by atoms with Crippen molar-refractivity contribution in [3.8, 4) is 28.5 Å². The van der Waals surface area contributed by atoms with Gasteiger partial charge in [-0.25, -0.2) is 9.78 Å². The standard InChI is InChI=1S/C27H16ClN3O5/c28-21-10-5-13-25(31(33)34)26(21)35-19-8-4-7-18(15-19)27(32)36-20-9-3-6-17(14-20)24-16-29-22-11-1-2-12-23(22)30-24/h1-16H. The molecule has 36 heavy (non-hydrogen) atoms. The van der Waals surface area contributed by atoms with Crippen molar-refractivity contribution in [3.63, 3.8) is 0 Å². The zero-order valence-corrected chi connectivity index (χ0v) is 19.3. The Morgan fingerprint density at radius 3 is 2.44 bits per heavy atom. The molecule has 0 spiro atoms. The molecule has 9 heteroatoms. The van der Waals surface area contributed by atoms with Crippen molar-refractivity contribution in [2.75, 3.05) is 0 Å². The molecule has 0 fully saturated rings. The Bertz CT molecular complexity index is 1620. The molecule has 0 aliphatic rings. The summed E-state index contributed by atoms with van der Waals surface area (Å²) < 4.78 is 11.2. The molecular formula is C27H16ClN3O5. The maximum Gasteiger partial charge on any atom is 0.343 e. The number of hydrogen-bond donors (Lipinski definition) is 0. The number of benzene rings is 4. The number of para-hydroxylation sites is 3. The number of halogens is 1. The van der Waals surface area contributed by atoms with Crippen LogP contribution < -0.4 is 9.47 Å². The maximum atomic E-state index is 12.8. The summed E-state index contributed by atoms with van der Waals surface area (Å²) in [6.07, 6.45) is 1.66. The summed E-state index contributed by atoms with van der Waals surface area (Å²) >= 11 is 6.10. The second-order valence-electron chi connectivity index (χ2n) is 7.64. The average molecular weight is 498 g/mol. The quantitative estimate of drug-likeness (QED) is 0.109. The van der Waals surface area contributed by atoms with Crippen LogP contribution in [0.15, 0.2) is 97.2 Å². The highest BCUT2D eigenvalue weighted by molar-refractivity contribution is 6.32. The Morgan fingerprint density at radius 2 is 1.61 bits per heavy atom. The summed E-state index contributed by atoms with van der Waals surface area (Å²) in [6.45, 7) is 0. The van der Waals surface area contributed by atoms with E-state index in [1.165, 1.54) is 24.3 Å². The molecule has 5 aromatic rings. The van der Waals surface area contributed by atoms with E-state index in [0.717, 1.165) is 16.6 Å². The van der Waals surface area contributed by atoms with E-state index in [1.54, 1.807) is 42.6 Å². The number of aromatic nitrogens is 2. The third-order valence-corrected chi connectivity index (χ3v) is 5.52. The number of carbonyl (C=O) groups is 1. The highest BCUT2D eigenvalue weighted by Crippen LogP contribution is 2.38. The third-order valence-electron chi connectivity index (χ3n) is 5.22. The molecule has 0 N–H and O–H groups in total. The molecule has 0 atom stereocenters. The van der Waals surface area contributed by atoms with Crippen molar-refractivity contribution in [3.05, 3.63) is 118 Å². The number of rotatable bonds is 6. The lowest BCUT2D eigenvalue weighted by Gasteiger charge is -2.10. The summed E-state index contributed by atoms with van der Waals surface area (Å²) in [4.78, 5) is 32.6. The van der Waals surface area contributed by atoms with Crippen LogP contribution in [0.25, 0.3) is 22.3 Å². The van der Waals surface area contributed by atoms with E-state index in [4.69, 9.17) is 21.1 Å². The van der Waals surface area contributed by atoms with Crippen molar-refractivity contribution in [1.82, 2.24) is 9.97 Å². The monoisotopic (exact) mass is 497 g/mol. The van der Waals surface area contributed by atoms with Crippen LogP contribution in [0.4, 0.5) is 5.69 Å². The number of nitrogens with zero attached hydrogens (tertiary/aromatic N) is 3. The van der Waals surface area contributed by atoms with Gasteiger partial charge in [0, 0.05) is 11.6 Å². The number of esters is 1. The number of nitro groups is 1. The Kier molecular flexibility index (Phi) is 6.25. The van der Waals surface area contributed by atoms with Crippen LogP contribution in [-0.4, -0.2) is 20.9 Å². The molecular weight excluding hydrogens is 482 g/mol. The summed E-state index contributed by atoms with van der Waals surface area (Å²) in [5, 5.41) is 11.4. The van der Waals surface area contributed by atoms with Gasteiger partial charge >= 0.3 is 11.7 Å². The van der Waals surface area contributed by atoms with Gasteiger partial charge in [0.2, 0.25) is 5.75 Å². The molecule has 1 heterocycles. The Labute approximate surface area is 209 Å². The van der Waals surface area contributed by atoms with Crippen molar-refractivity contribution >= 4 is 34.3 Å². The number of nitro benzene ring substituents is 1. The van der Waals surface area contributed by atoms with Crippen LogP contribution in [0, 0.1) is 10.1 Å². The van der Waals surface area contributed by atoms with Crippen molar-refractivity contribution < 1.29 is 19.2 Å². The highest BCUT2D eigenvalue weighted by Gasteiger charge is 2.20. The van der Waals surface area contributed by atoms with Crippen LogP contribution in [0.5, 0.6) is 17.2 Å². The van der Waals surface area contributed by atoms with E-state index in [2.05, 4.69) is 9.97 Å². The Hall–Kier alpha value is -4.82. The summed E-state index contributed by atoms with van der Waals surface area (Å²) in [5.74, 6) is -0.226. The molecule has 4 aromatic carbocycles. The zero-order chi connectivity index (χ0) is 25.1. The van der Waals surface area contributed by atoms with Crippen LogP contribution in [-0.2, 0) is 0 Å². The van der Waals surface area contributed by atoms with Crippen molar-refractivity contribution in [2.45, 2.75) is 0 Å². The predicted molar refractivity (Wildman–Crippen MR) is 135 cm³/mol. The largest absolute Gasteiger partial charge is 0.449 e. The van der Waals surface area contributed by atoms with E-state index in [-0.39, 0.29) is 27.8 Å². The first-order valence-electron chi connectivity index (χ1n) is 10.7. The lowest BCUT2D eigenvalue weighted by atomic mass is 10.1. The highest BCUT2D eigenvalue weighted by atomic mass is 35.5. The average Bonchev–Trinajstić information content (AvgIpc) is 2.89. The first-order chi connectivity index (χ1) is 17.5. The van der Waals surface area contributed by atoms with Gasteiger partial charge in [-0.1, -0.05) is 48.0 Å². The number of hydrogen-bond acceptors (Lipinski definition) is 7. The molecule has 8 nitrogen and oxygen atoms in total. The molecule has 0 bridgehead atoms. The molecule has 5 rings (SSSR count). The first kappa shape index (κ1) is 22.9. The van der Waals surface area contributed by atoms with Gasteiger partial charge in [0.25, 0.3) is 0 Å². The van der Waals surface area contributed by atoms with E-state index in [0.29, 0.717) is 11.4 Å². The van der Waals surface area contributed by atoms with Gasteiger partial charge in [0.15, 0.2) is 0 Å². The van der Waals surface area contributed by atoms with Gasteiger partial charge in [-0.15, -0.1) is 0 Å². The minimum Gasteiger partial charge on any atom is -0.449 e. The van der Waals surface area contributed by atoms with Crippen LogP contribution in [0.1, 0.15) is 10.4 Å².